The summed E-state index contributed by atoms with van der Waals surface area (Å²) in [5, 5.41) is 8.48. The molecule has 0 saturated heterocycles. The maximum atomic E-state index is 5.75. The van der Waals surface area contributed by atoms with Gasteiger partial charge in [-0.05, 0) is 43.2 Å². The number of rotatable bonds is 14. The molecule has 1 aromatic carbocycles. The minimum absolute atomic E-state index is 0.600. The van der Waals surface area contributed by atoms with E-state index in [9.17, 15) is 0 Å². The highest BCUT2D eigenvalue weighted by Gasteiger charge is 2.03. The predicted molar refractivity (Wildman–Crippen MR) is 111 cm³/mol. The van der Waals surface area contributed by atoms with Crippen LogP contribution in [0.15, 0.2) is 36.4 Å². The molecule has 0 bridgehead atoms. The van der Waals surface area contributed by atoms with Crippen LogP contribution in [-0.4, -0.2) is 23.4 Å². The fourth-order valence-electron chi connectivity index (χ4n) is 2.87. The van der Waals surface area contributed by atoms with E-state index in [1.54, 1.807) is 0 Å². The van der Waals surface area contributed by atoms with Crippen LogP contribution >= 0.6 is 0 Å². The van der Waals surface area contributed by atoms with Crippen molar-refractivity contribution < 1.29 is 9.47 Å². The second kappa shape index (κ2) is 13.1. The van der Waals surface area contributed by atoms with E-state index in [4.69, 9.17) is 9.47 Å². The Morgan fingerprint density at radius 1 is 0.630 bits per heavy atom. The molecule has 4 nitrogen and oxygen atoms in total. The molecule has 2 aromatic rings. The third kappa shape index (κ3) is 8.42. The summed E-state index contributed by atoms with van der Waals surface area (Å²) < 4.78 is 11.4. The van der Waals surface area contributed by atoms with Crippen molar-refractivity contribution in [2.75, 3.05) is 13.2 Å². The quantitative estimate of drug-likeness (QED) is 0.358. The molecule has 0 saturated carbocycles. The Kier molecular flexibility index (Phi) is 10.3. The van der Waals surface area contributed by atoms with Gasteiger partial charge in [-0.2, -0.15) is 0 Å². The van der Waals surface area contributed by atoms with Gasteiger partial charge in [0.2, 0.25) is 5.88 Å². The smallest absolute Gasteiger partial charge is 0.233 e. The van der Waals surface area contributed by atoms with E-state index in [0.29, 0.717) is 12.5 Å². The first-order valence-electron chi connectivity index (χ1n) is 10.5. The molecule has 148 valence electrons. The molecule has 1 heterocycles. The molecule has 0 aliphatic rings. The van der Waals surface area contributed by atoms with Gasteiger partial charge in [0.1, 0.15) is 5.75 Å². The third-order valence-corrected chi connectivity index (χ3v) is 4.55. The highest BCUT2D eigenvalue weighted by atomic mass is 16.5. The summed E-state index contributed by atoms with van der Waals surface area (Å²) in [7, 11) is 0. The Balaban J connectivity index is 1.72. The minimum atomic E-state index is 0.600. The van der Waals surface area contributed by atoms with Crippen molar-refractivity contribution in [2.45, 2.75) is 71.6 Å². The monoisotopic (exact) mass is 370 g/mol. The van der Waals surface area contributed by atoms with Crippen molar-refractivity contribution in [3.8, 4) is 22.9 Å². The molecule has 0 atom stereocenters. The second-order valence-corrected chi connectivity index (χ2v) is 6.95. The fourth-order valence-corrected chi connectivity index (χ4v) is 2.87. The number of unbranched alkanes of at least 4 members (excludes halogenated alkanes) is 7. The van der Waals surface area contributed by atoms with Crippen molar-refractivity contribution >= 4 is 0 Å². The summed E-state index contributed by atoms with van der Waals surface area (Å²) in [6.45, 7) is 5.92. The lowest BCUT2D eigenvalue weighted by atomic mass is 10.1. The number of hydrogen-bond acceptors (Lipinski definition) is 4. The van der Waals surface area contributed by atoms with Gasteiger partial charge in [-0.1, -0.05) is 58.8 Å². The minimum Gasteiger partial charge on any atom is -0.494 e. The SMILES string of the molecule is CCCCCCCCOc1ccc(-c2ccc(OCCCCC)cc2)nn1. The summed E-state index contributed by atoms with van der Waals surface area (Å²) >= 11 is 0. The van der Waals surface area contributed by atoms with Gasteiger partial charge < -0.3 is 9.47 Å². The fraction of sp³-hybridized carbons (Fsp3) is 0.565. The molecule has 1 aromatic heterocycles. The van der Waals surface area contributed by atoms with Crippen molar-refractivity contribution in [2.24, 2.45) is 0 Å². The Hall–Kier alpha value is -2.10. The number of benzene rings is 1. The summed E-state index contributed by atoms with van der Waals surface area (Å²) in [6.07, 6.45) is 11.1. The Labute approximate surface area is 164 Å². The molecule has 0 amide bonds. The van der Waals surface area contributed by atoms with Crippen LogP contribution in [0.5, 0.6) is 11.6 Å². The van der Waals surface area contributed by atoms with Crippen LogP contribution in [0.3, 0.4) is 0 Å². The zero-order valence-electron chi connectivity index (χ0n) is 17.0. The molecular weight excluding hydrogens is 336 g/mol. The van der Waals surface area contributed by atoms with Crippen LogP contribution in [-0.2, 0) is 0 Å². The van der Waals surface area contributed by atoms with E-state index in [-0.39, 0.29) is 0 Å². The number of aromatic nitrogens is 2. The lowest BCUT2D eigenvalue weighted by Gasteiger charge is -2.07. The molecule has 0 N–H and O–H groups in total. The Morgan fingerprint density at radius 3 is 1.96 bits per heavy atom. The van der Waals surface area contributed by atoms with E-state index in [2.05, 4.69) is 24.0 Å². The van der Waals surface area contributed by atoms with Crippen molar-refractivity contribution in [1.29, 1.82) is 0 Å². The van der Waals surface area contributed by atoms with Gasteiger partial charge in [-0.15, -0.1) is 10.2 Å². The largest absolute Gasteiger partial charge is 0.494 e. The van der Waals surface area contributed by atoms with Gasteiger partial charge in [-0.25, -0.2) is 0 Å². The Morgan fingerprint density at radius 2 is 1.26 bits per heavy atom. The summed E-state index contributed by atoms with van der Waals surface area (Å²) in [5.41, 5.74) is 1.88. The van der Waals surface area contributed by atoms with E-state index >= 15 is 0 Å². The topological polar surface area (TPSA) is 44.2 Å². The highest BCUT2D eigenvalue weighted by Crippen LogP contribution is 2.21. The van der Waals surface area contributed by atoms with Crippen LogP contribution in [0.25, 0.3) is 11.3 Å². The van der Waals surface area contributed by atoms with Crippen LogP contribution in [0.1, 0.15) is 71.6 Å². The van der Waals surface area contributed by atoms with Crippen LogP contribution in [0.2, 0.25) is 0 Å². The lowest BCUT2D eigenvalue weighted by molar-refractivity contribution is 0.290. The molecule has 0 fully saturated rings. The highest BCUT2D eigenvalue weighted by molar-refractivity contribution is 5.59. The molecule has 0 aliphatic carbocycles. The average molecular weight is 371 g/mol. The Bertz CT molecular complexity index is 611. The van der Waals surface area contributed by atoms with Crippen molar-refractivity contribution in [3.63, 3.8) is 0 Å². The first kappa shape index (κ1) is 21.2. The molecule has 4 heteroatoms. The molecule has 27 heavy (non-hydrogen) atoms. The molecule has 0 spiro atoms. The molecular formula is C23H34N2O2. The van der Waals surface area contributed by atoms with E-state index in [1.165, 1.54) is 44.9 Å². The van der Waals surface area contributed by atoms with Gasteiger partial charge in [0.25, 0.3) is 0 Å². The maximum Gasteiger partial charge on any atom is 0.233 e. The van der Waals surface area contributed by atoms with Crippen LogP contribution < -0.4 is 9.47 Å². The zero-order valence-corrected chi connectivity index (χ0v) is 17.0. The summed E-state index contributed by atoms with van der Waals surface area (Å²) in [4.78, 5) is 0. The molecule has 0 radical (unpaired) electrons. The molecule has 2 rings (SSSR count). The van der Waals surface area contributed by atoms with Crippen molar-refractivity contribution in [3.05, 3.63) is 36.4 Å². The lowest BCUT2D eigenvalue weighted by Crippen LogP contribution is -2.00. The number of ether oxygens (including phenoxy) is 2. The van der Waals surface area contributed by atoms with Gasteiger partial charge in [0.15, 0.2) is 0 Å². The van der Waals surface area contributed by atoms with Crippen LogP contribution in [0.4, 0.5) is 0 Å². The predicted octanol–water partition coefficient (Wildman–Crippen LogP) is 6.45. The summed E-state index contributed by atoms with van der Waals surface area (Å²) in [5.74, 6) is 1.50. The van der Waals surface area contributed by atoms with Gasteiger partial charge in [-0.3, -0.25) is 0 Å². The first-order chi connectivity index (χ1) is 13.3. The first-order valence-corrected chi connectivity index (χ1v) is 10.5. The summed E-state index contributed by atoms with van der Waals surface area (Å²) in [6, 6.07) is 11.9. The van der Waals surface area contributed by atoms with Gasteiger partial charge >= 0.3 is 0 Å². The van der Waals surface area contributed by atoms with Gasteiger partial charge in [0.05, 0.1) is 18.9 Å². The number of hydrogen-bond donors (Lipinski definition) is 0. The van der Waals surface area contributed by atoms with Crippen LogP contribution in [0, 0.1) is 0 Å². The third-order valence-electron chi connectivity index (χ3n) is 4.55. The number of nitrogens with zero attached hydrogens (tertiary/aromatic N) is 2. The van der Waals surface area contributed by atoms with Crippen molar-refractivity contribution in [1.82, 2.24) is 10.2 Å². The maximum absolute atomic E-state index is 5.75. The molecule has 0 aliphatic heterocycles. The van der Waals surface area contributed by atoms with E-state index in [1.807, 2.05) is 36.4 Å². The van der Waals surface area contributed by atoms with Gasteiger partial charge in [0, 0.05) is 11.6 Å². The molecule has 0 unspecified atom stereocenters. The second-order valence-electron chi connectivity index (χ2n) is 6.95. The normalized spacial score (nSPS) is 10.7. The van der Waals surface area contributed by atoms with E-state index < -0.39 is 0 Å². The zero-order chi connectivity index (χ0) is 19.2. The van der Waals surface area contributed by atoms with E-state index in [0.717, 1.165) is 36.5 Å². The average Bonchev–Trinajstić information content (AvgIpc) is 2.71. The standard InChI is InChI=1S/C23H34N2O2/c1-3-5-7-8-9-11-19-27-23-17-16-22(24-25-23)20-12-14-21(15-13-20)26-18-10-6-4-2/h12-17H,3-11,18-19H2,1-2H3.